The lowest BCUT2D eigenvalue weighted by Gasteiger charge is -2.54. The number of rotatable bonds is 10. The molecule has 0 radical (unpaired) electrons. The highest BCUT2D eigenvalue weighted by Crippen LogP contribution is 2.44. The van der Waals surface area contributed by atoms with Crippen LogP contribution in [0.4, 0.5) is 0 Å². The average molecular weight is 819 g/mol. The fourth-order valence-electron chi connectivity index (χ4n) is 9.23. The third-order valence-electron chi connectivity index (χ3n) is 11.2. The van der Waals surface area contributed by atoms with E-state index in [0.717, 1.165) is 0 Å². The quantitative estimate of drug-likeness (QED) is 0.145. The lowest BCUT2D eigenvalue weighted by atomic mass is 9.73. The maximum atomic E-state index is 14.9. The molecule has 2 amide bonds. The average Bonchev–Trinajstić information content (AvgIpc) is 3.09. The largest absolute Gasteiger partial charge is 0.530 e. The first-order valence-electron chi connectivity index (χ1n) is 19.5. The number of carbonyl (C=O) groups is 6. The van der Waals surface area contributed by atoms with Crippen LogP contribution in [0.2, 0.25) is 0 Å². The molecular formula is C45H58N2O12. The topological polar surface area (TPSA) is 186 Å². The van der Waals surface area contributed by atoms with E-state index in [1.807, 2.05) is 0 Å². The van der Waals surface area contributed by atoms with Crippen LogP contribution in [0, 0.1) is 33.6 Å². The second-order valence-corrected chi connectivity index (χ2v) is 18.2. The zero-order valence-corrected chi connectivity index (χ0v) is 36.2. The molecule has 2 fully saturated rings. The Hall–Kier alpha value is -5.66. The van der Waals surface area contributed by atoms with Gasteiger partial charge < -0.3 is 39.0 Å². The summed E-state index contributed by atoms with van der Waals surface area (Å²) in [5.41, 5.74) is -2.98. The molecule has 14 heteroatoms. The molecular weight excluding hydrogens is 760 g/mol. The summed E-state index contributed by atoms with van der Waals surface area (Å²) in [6.07, 6.45) is 1.55. The predicted octanol–water partition coefficient (Wildman–Crippen LogP) is 6.80. The highest BCUT2D eigenvalue weighted by Gasteiger charge is 2.59. The number of aromatic hydroxyl groups is 2. The van der Waals surface area contributed by atoms with Gasteiger partial charge in [-0.25, -0.2) is 14.4 Å². The number of benzene rings is 2. The number of hydrogen-bond acceptors (Lipinski definition) is 12. The van der Waals surface area contributed by atoms with Crippen LogP contribution < -0.4 is 0 Å². The minimum atomic E-state index is -3.50. The van der Waals surface area contributed by atoms with E-state index >= 15 is 0 Å². The smallest absolute Gasteiger partial charge is 0.507 e. The number of amides is 2. The van der Waals surface area contributed by atoms with Crippen molar-refractivity contribution in [2.45, 2.75) is 143 Å². The fourth-order valence-corrected chi connectivity index (χ4v) is 9.23. The summed E-state index contributed by atoms with van der Waals surface area (Å²) in [7, 11) is 0. The third-order valence-corrected chi connectivity index (χ3v) is 11.2. The minimum Gasteiger partial charge on any atom is -0.507 e. The number of esters is 4. The van der Waals surface area contributed by atoms with Gasteiger partial charge in [0.05, 0.1) is 17.0 Å². The van der Waals surface area contributed by atoms with E-state index in [0.29, 0.717) is 0 Å². The molecule has 14 nitrogen and oxygen atoms in total. The first-order valence-corrected chi connectivity index (χ1v) is 19.5. The normalized spacial score (nSPS) is 18.6. The molecule has 2 aromatic rings. The maximum absolute atomic E-state index is 14.9. The monoisotopic (exact) mass is 818 g/mol. The molecule has 2 aliphatic rings. The molecule has 2 aromatic carbocycles. The number of nitrogens with zero attached hydrogens (tertiary/aromatic N) is 2. The molecule has 0 aliphatic carbocycles. The SMILES string of the molecule is C=CC(=O)N1C(C)(C)CC(OC(=O)C(OC(=O)c2cc(C)c(O)c(C)c2)(OC(=O)c2cc(C)c(O)c(C)c2)OC(=O)C2CC(C)(C)N(C(=O)C=C)C(C)(C)C2)CC1(C)C. The summed E-state index contributed by atoms with van der Waals surface area (Å²) in [6, 6.07) is 5.13. The van der Waals surface area contributed by atoms with E-state index in [9.17, 15) is 39.0 Å². The molecule has 59 heavy (non-hydrogen) atoms. The number of hydrogen-bond donors (Lipinski definition) is 2. The zero-order valence-electron chi connectivity index (χ0n) is 36.2. The van der Waals surface area contributed by atoms with Crippen molar-refractivity contribution >= 4 is 35.7 Å². The van der Waals surface area contributed by atoms with Crippen molar-refractivity contribution in [3.8, 4) is 11.5 Å². The lowest BCUT2D eigenvalue weighted by Crippen LogP contribution is -2.65. The van der Waals surface area contributed by atoms with Gasteiger partial charge in [0.2, 0.25) is 11.8 Å². The van der Waals surface area contributed by atoms with Crippen LogP contribution in [-0.4, -0.2) is 89.9 Å². The summed E-state index contributed by atoms with van der Waals surface area (Å²) in [5.74, 6) is -10.6. The Bertz CT molecular complexity index is 1940. The third kappa shape index (κ3) is 9.31. The number of phenols is 2. The van der Waals surface area contributed by atoms with Crippen LogP contribution in [0.5, 0.6) is 11.5 Å². The van der Waals surface area contributed by atoms with Crippen molar-refractivity contribution in [1.82, 2.24) is 9.80 Å². The van der Waals surface area contributed by atoms with Crippen molar-refractivity contribution in [3.05, 3.63) is 83.0 Å². The van der Waals surface area contributed by atoms with Gasteiger partial charge in [-0.1, -0.05) is 13.2 Å². The molecule has 2 N–H and O–H groups in total. The van der Waals surface area contributed by atoms with Crippen LogP contribution >= 0.6 is 0 Å². The number of aryl methyl sites for hydroxylation is 4. The molecule has 320 valence electrons. The number of piperidine rings is 2. The molecule has 0 unspecified atom stereocenters. The highest BCUT2D eigenvalue weighted by atomic mass is 16.9. The standard InChI is InChI=1S/C45H58N2O12/c1-15-33(48)46-41(7,8)21-31(22-42(46,9)10)39(54)59-45(57-37(52)29-17-25(3)35(50)26(4)18-29,58-38(53)30-19-27(5)36(51)28(6)20-30)40(55)56-32-23-43(11,12)47(34(49)16-2)44(13,14)24-32/h15-20,31-32,50-51H,1-2,21-24H2,3-14H3. The van der Waals surface area contributed by atoms with E-state index in [-0.39, 0.29) is 82.4 Å². The minimum absolute atomic E-state index is 0.0206. The number of carbonyl (C=O) groups excluding carboxylic acids is 6. The lowest BCUT2D eigenvalue weighted by molar-refractivity contribution is -0.311. The van der Waals surface area contributed by atoms with Crippen molar-refractivity contribution in [3.63, 3.8) is 0 Å². The Kier molecular flexibility index (Phi) is 12.6. The fraction of sp³-hybridized carbons (Fsp3) is 0.511. The van der Waals surface area contributed by atoms with Gasteiger partial charge in [0.15, 0.2) is 0 Å². The second-order valence-electron chi connectivity index (χ2n) is 18.2. The molecule has 0 saturated carbocycles. The molecule has 0 spiro atoms. The summed E-state index contributed by atoms with van der Waals surface area (Å²) >= 11 is 0. The molecule has 2 heterocycles. The first-order chi connectivity index (χ1) is 27.0. The van der Waals surface area contributed by atoms with Gasteiger partial charge in [-0.15, -0.1) is 0 Å². The Balaban J connectivity index is 1.90. The zero-order chi connectivity index (χ0) is 44.8. The van der Waals surface area contributed by atoms with E-state index in [4.69, 9.17) is 18.9 Å². The molecule has 0 bridgehead atoms. The number of ether oxygens (including phenoxy) is 4. The molecule has 0 aromatic heterocycles. The predicted molar refractivity (Wildman–Crippen MR) is 217 cm³/mol. The van der Waals surface area contributed by atoms with E-state index < -0.39 is 64.0 Å². The first kappa shape index (κ1) is 46.0. The van der Waals surface area contributed by atoms with Gasteiger partial charge in [0.25, 0.3) is 0 Å². The van der Waals surface area contributed by atoms with Crippen LogP contribution in [0.25, 0.3) is 0 Å². The highest BCUT2D eigenvalue weighted by molar-refractivity contribution is 5.96. The Morgan fingerprint density at radius 2 is 0.932 bits per heavy atom. The van der Waals surface area contributed by atoms with Gasteiger partial charge in [-0.2, -0.15) is 0 Å². The van der Waals surface area contributed by atoms with Crippen molar-refractivity contribution in [2.24, 2.45) is 5.92 Å². The van der Waals surface area contributed by atoms with Gasteiger partial charge in [0.1, 0.15) is 17.6 Å². The Morgan fingerprint density at radius 3 is 1.25 bits per heavy atom. The summed E-state index contributed by atoms with van der Waals surface area (Å²) < 4.78 is 23.6. The maximum Gasteiger partial charge on any atom is 0.530 e. The number of phenolic OH excluding ortho intramolecular Hbond substituents is 2. The summed E-state index contributed by atoms with van der Waals surface area (Å²) in [5, 5.41) is 20.9. The van der Waals surface area contributed by atoms with E-state index in [2.05, 4.69) is 13.2 Å². The van der Waals surface area contributed by atoms with Gasteiger partial charge in [0, 0.05) is 35.0 Å². The second kappa shape index (κ2) is 16.2. The molecule has 2 saturated heterocycles. The van der Waals surface area contributed by atoms with Crippen molar-refractivity contribution in [1.29, 1.82) is 0 Å². The number of likely N-dealkylation sites (tertiary alicyclic amines) is 2. The van der Waals surface area contributed by atoms with Crippen LogP contribution in [0.3, 0.4) is 0 Å². The van der Waals surface area contributed by atoms with Crippen molar-refractivity contribution in [2.75, 3.05) is 0 Å². The van der Waals surface area contributed by atoms with Crippen LogP contribution in [0.15, 0.2) is 49.6 Å². The molecule has 2 aliphatic heterocycles. The van der Waals surface area contributed by atoms with Gasteiger partial charge in [-0.3, -0.25) is 14.4 Å². The van der Waals surface area contributed by atoms with Crippen LogP contribution in [-0.2, 0) is 38.1 Å². The van der Waals surface area contributed by atoms with E-state index in [1.165, 1.54) is 64.1 Å². The Morgan fingerprint density at radius 1 is 0.610 bits per heavy atom. The van der Waals surface area contributed by atoms with Crippen molar-refractivity contribution < 1.29 is 57.9 Å². The molecule has 0 atom stereocenters. The summed E-state index contributed by atoms with van der Waals surface area (Å²) in [4.78, 5) is 87.2. The van der Waals surface area contributed by atoms with Gasteiger partial charge >= 0.3 is 29.9 Å². The van der Waals surface area contributed by atoms with Gasteiger partial charge in [-0.05, 0) is 155 Å². The summed E-state index contributed by atoms with van der Waals surface area (Å²) in [6.45, 7) is 27.6. The Labute approximate surface area is 346 Å². The van der Waals surface area contributed by atoms with E-state index in [1.54, 1.807) is 65.2 Å². The molecule has 4 rings (SSSR count). The van der Waals surface area contributed by atoms with Crippen LogP contribution in [0.1, 0.15) is 124 Å².